The van der Waals surface area contributed by atoms with Gasteiger partial charge in [0.1, 0.15) is 0 Å². The van der Waals surface area contributed by atoms with Crippen molar-refractivity contribution in [1.82, 2.24) is 0 Å². The van der Waals surface area contributed by atoms with Gasteiger partial charge >= 0.3 is 0 Å². The Balaban J connectivity index is 2.23. The maximum atomic E-state index is 10.6. The SMILES string of the molecule is CC(C)(O)[C@@H]1CC[C@@]2(C)C[C@@H](O)C[C@@](C)(O)[C@H]2C1. The second-order valence-electron chi connectivity index (χ2n) is 7.75. The minimum Gasteiger partial charge on any atom is -0.393 e. The molecule has 2 aliphatic carbocycles. The van der Waals surface area contributed by atoms with Crippen molar-refractivity contribution in [1.29, 1.82) is 0 Å². The van der Waals surface area contributed by atoms with Crippen molar-refractivity contribution in [3.05, 3.63) is 0 Å². The Morgan fingerprint density at radius 2 is 1.78 bits per heavy atom. The van der Waals surface area contributed by atoms with Gasteiger partial charge in [0.25, 0.3) is 0 Å². The number of rotatable bonds is 1. The fourth-order valence-corrected chi connectivity index (χ4v) is 4.49. The highest BCUT2D eigenvalue weighted by atomic mass is 16.3. The molecule has 2 fully saturated rings. The topological polar surface area (TPSA) is 60.7 Å². The molecule has 0 aromatic heterocycles. The molecule has 2 aliphatic rings. The molecule has 0 saturated heterocycles. The third kappa shape index (κ3) is 2.45. The van der Waals surface area contributed by atoms with E-state index in [1.54, 1.807) is 0 Å². The molecule has 0 aliphatic heterocycles. The zero-order chi connectivity index (χ0) is 13.8. The number of fused-ring (bicyclic) bond motifs is 1. The maximum Gasteiger partial charge on any atom is 0.0677 e. The predicted molar refractivity (Wildman–Crippen MR) is 71.1 cm³/mol. The van der Waals surface area contributed by atoms with Crippen molar-refractivity contribution in [2.75, 3.05) is 0 Å². The van der Waals surface area contributed by atoms with Gasteiger partial charge in [-0.05, 0) is 63.7 Å². The first-order chi connectivity index (χ1) is 8.05. The van der Waals surface area contributed by atoms with E-state index in [9.17, 15) is 15.3 Å². The van der Waals surface area contributed by atoms with Crippen LogP contribution in [0.15, 0.2) is 0 Å². The zero-order valence-electron chi connectivity index (χ0n) is 12.1. The minimum absolute atomic E-state index is 0.0168. The van der Waals surface area contributed by atoms with Gasteiger partial charge < -0.3 is 15.3 Å². The van der Waals surface area contributed by atoms with Crippen LogP contribution in [0.2, 0.25) is 0 Å². The van der Waals surface area contributed by atoms with E-state index in [2.05, 4.69) is 6.92 Å². The zero-order valence-corrected chi connectivity index (χ0v) is 12.1. The lowest BCUT2D eigenvalue weighted by atomic mass is 9.52. The van der Waals surface area contributed by atoms with E-state index in [0.717, 1.165) is 25.7 Å². The normalized spacial score (nSPS) is 49.8. The molecule has 2 rings (SSSR count). The Labute approximate surface area is 110 Å². The van der Waals surface area contributed by atoms with Crippen molar-refractivity contribution in [2.45, 2.75) is 77.1 Å². The Morgan fingerprint density at radius 3 is 2.33 bits per heavy atom. The van der Waals surface area contributed by atoms with Crippen LogP contribution in [0.25, 0.3) is 0 Å². The summed E-state index contributed by atoms with van der Waals surface area (Å²) in [6.07, 6.45) is 3.69. The Kier molecular flexibility index (Phi) is 3.33. The van der Waals surface area contributed by atoms with E-state index in [1.807, 2.05) is 20.8 Å². The molecular weight excluding hydrogens is 228 g/mol. The summed E-state index contributed by atoms with van der Waals surface area (Å²) in [7, 11) is 0. The second kappa shape index (κ2) is 4.19. The molecule has 0 amide bonds. The number of aliphatic hydroxyl groups is 3. The summed E-state index contributed by atoms with van der Waals surface area (Å²) in [6, 6.07) is 0. The van der Waals surface area contributed by atoms with E-state index in [4.69, 9.17) is 0 Å². The van der Waals surface area contributed by atoms with E-state index in [0.29, 0.717) is 6.42 Å². The quantitative estimate of drug-likeness (QED) is 0.673. The lowest BCUT2D eigenvalue weighted by molar-refractivity contribution is -0.170. The summed E-state index contributed by atoms with van der Waals surface area (Å²) in [6.45, 7) is 7.78. The molecule has 0 aromatic carbocycles. The molecular formula is C15H28O3. The van der Waals surface area contributed by atoms with Crippen molar-refractivity contribution in [3.8, 4) is 0 Å². The van der Waals surface area contributed by atoms with Crippen molar-refractivity contribution in [3.63, 3.8) is 0 Å². The Morgan fingerprint density at radius 1 is 1.17 bits per heavy atom. The van der Waals surface area contributed by atoms with Crippen LogP contribution in [0.5, 0.6) is 0 Å². The van der Waals surface area contributed by atoms with Gasteiger partial charge in [-0.15, -0.1) is 0 Å². The van der Waals surface area contributed by atoms with Crippen LogP contribution >= 0.6 is 0 Å². The molecule has 0 spiro atoms. The van der Waals surface area contributed by atoms with Crippen molar-refractivity contribution in [2.24, 2.45) is 17.3 Å². The first-order valence-electron chi connectivity index (χ1n) is 7.17. The first-order valence-corrected chi connectivity index (χ1v) is 7.17. The first kappa shape index (κ1) is 14.3. The average molecular weight is 256 g/mol. The van der Waals surface area contributed by atoms with Crippen LogP contribution in [-0.4, -0.2) is 32.6 Å². The monoisotopic (exact) mass is 256 g/mol. The molecule has 0 aromatic rings. The minimum atomic E-state index is -0.809. The third-order valence-corrected chi connectivity index (χ3v) is 5.53. The molecule has 106 valence electrons. The number of hydrogen-bond donors (Lipinski definition) is 3. The van der Waals surface area contributed by atoms with Gasteiger partial charge in [0.2, 0.25) is 0 Å². The van der Waals surface area contributed by atoms with Gasteiger partial charge in [-0.2, -0.15) is 0 Å². The lowest BCUT2D eigenvalue weighted by Crippen LogP contribution is -2.56. The van der Waals surface area contributed by atoms with Crippen molar-refractivity contribution < 1.29 is 15.3 Å². The highest BCUT2D eigenvalue weighted by Crippen LogP contribution is 2.56. The smallest absolute Gasteiger partial charge is 0.0677 e. The third-order valence-electron chi connectivity index (χ3n) is 5.53. The molecule has 0 bridgehead atoms. The van der Waals surface area contributed by atoms with Crippen molar-refractivity contribution >= 4 is 0 Å². The van der Waals surface area contributed by atoms with E-state index in [1.165, 1.54) is 0 Å². The maximum absolute atomic E-state index is 10.6. The standard InChI is InChI=1S/C15H28O3/c1-13(2,17)10-5-6-14(3)8-11(16)9-15(4,18)12(14)7-10/h10-12,16-18H,5-9H2,1-4H3/t10-,11-,12+,14+,15-/m1/s1. The molecule has 3 heteroatoms. The van der Waals surface area contributed by atoms with Crippen LogP contribution in [0, 0.1) is 17.3 Å². The van der Waals surface area contributed by atoms with Crippen LogP contribution in [-0.2, 0) is 0 Å². The van der Waals surface area contributed by atoms with Gasteiger partial charge in [0.05, 0.1) is 17.3 Å². The molecule has 5 atom stereocenters. The fraction of sp³-hybridized carbons (Fsp3) is 1.00. The largest absolute Gasteiger partial charge is 0.393 e. The van der Waals surface area contributed by atoms with E-state index < -0.39 is 11.2 Å². The molecule has 0 radical (unpaired) electrons. The molecule has 3 nitrogen and oxygen atoms in total. The molecule has 18 heavy (non-hydrogen) atoms. The molecule has 2 saturated carbocycles. The summed E-state index contributed by atoms with van der Waals surface area (Å²) in [5.74, 6) is 0.427. The molecule has 0 unspecified atom stereocenters. The Hall–Kier alpha value is -0.120. The Bertz CT molecular complexity index is 318. The van der Waals surface area contributed by atoms with Crippen LogP contribution in [0.4, 0.5) is 0 Å². The number of hydrogen-bond acceptors (Lipinski definition) is 3. The highest BCUT2D eigenvalue weighted by molar-refractivity contribution is 5.05. The summed E-state index contributed by atoms with van der Waals surface area (Å²) in [5.41, 5.74) is -1.47. The van der Waals surface area contributed by atoms with Gasteiger partial charge in [0.15, 0.2) is 0 Å². The lowest BCUT2D eigenvalue weighted by Gasteiger charge is -2.56. The van der Waals surface area contributed by atoms with Crippen LogP contribution in [0.1, 0.15) is 59.8 Å². The van der Waals surface area contributed by atoms with Crippen LogP contribution < -0.4 is 0 Å². The van der Waals surface area contributed by atoms with Gasteiger partial charge in [-0.25, -0.2) is 0 Å². The fourth-order valence-electron chi connectivity index (χ4n) is 4.49. The van der Waals surface area contributed by atoms with Gasteiger partial charge in [-0.1, -0.05) is 6.92 Å². The van der Waals surface area contributed by atoms with E-state index >= 15 is 0 Å². The predicted octanol–water partition coefficient (Wildman–Crippen LogP) is 2.09. The average Bonchev–Trinajstić information content (AvgIpc) is 2.12. The molecule has 0 heterocycles. The van der Waals surface area contributed by atoms with E-state index in [-0.39, 0.29) is 23.4 Å². The van der Waals surface area contributed by atoms with Gasteiger partial charge in [0, 0.05) is 6.42 Å². The second-order valence-corrected chi connectivity index (χ2v) is 7.75. The summed E-state index contributed by atoms with van der Waals surface area (Å²) in [5, 5.41) is 30.8. The van der Waals surface area contributed by atoms with Gasteiger partial charge in [-0.3, -0.25) is 0 Å². The van der Waals surface area contributed by atoms with Crippen LogP contribution in [0.3, 0.4) is 0 Å². The summed E-state index contributed by atoms with van der Waals surface area (Å²) in [4.78, 5) is 0. The molecule has 3 N–H and O–H groups in total. The highest BCUT2D eigenvalue weighted by Gasteiger charge is 2.54. The summed E-state index contributed by atoms with van der Waals surface area (Å²) >= 11 is 0. The number of aliphatic hydroxyl groups excluding tert-OH is 1. The summed E-state index contributed by atoms with van der Waals surface area (Å²) < 4.78 is 0.